The van der Waals surface area contributed by atoms with Gasteiger partial charge in [-0.05, 0) is 44.0 Å². The van der Waals surface area contributed by atoms with Crippen molar-refractivity contribution in [2.75, 3.05) is 26.7 Å². The summed E-state index contributed by atoms with van der Waals surface area (Å²) < 4.78 is 0. The van der Waals surface area contributed by atoms with Gasteiger partial charge in [0.15, 0.2) is 0 Å². The van der Waals surface area contributed by atoms with Crippen LogP contribution in [0.4, 0.5) is 0 Å². The highest BCUT2D eigenvalue weighted by atomic mass is 35.5. The SMILES string of the molecule is CN(Cc1cccc(Cl)c1)C(=O)CN1CCCC(C)(O)C1. The number of halogens is 1. The fourth-order valence-corrected chi connectivity index (χ4v) is 2.98. The van der Waals surface area contributed by atoms with E-state index < -0.39 is 5.60 Å². The lowest BCUT2D eigenvalue weighted by Gasteiger charge is -2.37. The lowest BCUT2D eigenvalue weighted by atomic mass is 9.95. The molecule has 1 amide bonds. The molecule has 1 aliphatic heterocycles. The molecule has 1 aromatic carbocycles. The van der Waals surface area contributed by atoms with Gasteiger partial charge in [0.05, 0.1) is 12.1 Å². The average molecular weight is 311 g/mol. The van der Waals surface area contributed by atoms with Crippen LogP contribution < -0.4 is 0 Å². The number of β-amino-alcohol motifs (C(OH)–C–C–N with tert-alkyl or cyclic N) is 1. The summed E-state index contributed by atoms with van der Waals surface area (Å²) in [5, 5.41) is 10.8. The van der Waals surface area contributed by atoms with Crippen molar-refractivity contribution in [2.24, 2.45) is 0 Å². The van der Waals surface area contributed by atoms with Crippen LogP contribution in [0, 0.1) is 0 Å². The minimum Gasteiger partial charge on any atom is -0.389 e. The van der Waals surface area contributed by atoms with Crippen LogP contribution in [0.1, 0.15) is 25.3 Å². The molecule has 1 aromatic rings. The summed E-state index contributed by atoms with van der Waals surface area (Å²) in [6.07, 6.45) is 1.73. The lowest BCUT2D eigenvalue weighted by molar-refractivity contribution is -0.133. The topological polar surface area (TPSA) is 43.8 Å². The summed E-state index contributed by atoms with van der Waals surface area (Å²) in [6.45, 7) is 4.16. The van der Waals surface area contributed by atoms with Crippen molar-refractivity contribution in [3.63, 3.8) is 0 Å². The van der Waals surface area contributed by atoms with Crippen LogP contribution in [0.25, 0.3) is 0 Å². The van der Waals surface area contributed by atoms with Crippen molar-refractivity contribution in [1.82, 2.24) is 9.80 Å². The van der Waals surface area contributed by atoms with E-state index in [2.05, 4.69) is 0 Å². The minimum absolute atomic E-state index is 0.0627. The average Bonchev–Trinajstić information content (AvgIpc) is 2.37. The largest absolute Gasteiger partial charge is 0.389 e. The molecule has 1 fully saturated rings. The summed E-state index contributed by atoms with van der Waals surface area (Å²) in [6, 6.07) is 7.54. The van der Waals surface area contributed by atoms with Crippen LogP contribution in [-0.2, 0) is 11.3 Å². The fraction of sp³-hybridized carbons (Fsp3) is 0.562. The standard InChI is InChI=1S/C16H23ClN2O2/c1-16(21)7-4-8-19(12-16)11-15(20)18(2)10-13-5-3-6-14(17)9-13/h3,5-6,9,21H,4,7-8,10-12H2,1-2H3. The maximum absolute atomic E-state index is 12.3. The zero-order valence-electron chi connectivity index (χ0n) is 12.7. The van der Waals surface area contributed by atoms with E-state index in [4.69, 9.17) is 11.6 Å². The molecule has 5 heteroatoms. The summed E-state index contributed by atoms with van der Waals surface area (Å²) >= 11 is 5.96. The van der Waals surface area contributed by atoms with E-state index in [1.54, 1.807) is 11.9 Å². The Morgan fingerprint density at radius 1 is 1.52 bits per heavy atom. The zero-order chi connectivity index (χ0) is 15.5. The molecule has 0 saturated carbocycles. The summed E-state index contributed by atoms with van der Waals surface area (Å²) in [5.41, 5.74) is 0.341. The number of carbonyl (C=O) groups is 1. The van der Waals surface area contributed by atoms with Gasteiger partial charge in [-0.3, -0.25) is 9.69 Å². The number of amides is 1. The Bertz CT molecular complexity index is 505. The van der Waals surface area contributed by atoms with E-state index in [9.17, 15) is 9.90 Å². The fourth-order valence-electron chi connectivity index (χ4n) is 2.77. The van der Waals surface area contributed by atoms with Crippen molar-refractivity contribution in [2.45, 2.75) is 31.9 Å². The number of aliphatic hydroxyl groups is 1. The first-order valence-electron chi connectivity index (χ1n) is 7.29. The molecule has 116 valence electrons. The number of likely N-dealkylation sites (N-methyl/N-ethyl adjacent to an activating group) is 1. The molecule has 1 atom stereocenters. The van der Waals surface area contributed by atoms with E-state index in [0.717, 1.165) is 24.9 Å². The lowest BCUT2D eigenvalue weighted by Crippen LogP contribution is -2.49. The maximum atomic E-state index is 12.3. The second-order valence-electron chi connectivity index (χ2n) is 6.19. The first kappa shape index (κ1) is 16.3. The molecule has 4 nitrogen and oxygen atoms in total. The Kier molecular flexibility index (Phi) is 5.25. The molecule has 1 aliphatic rings. The van der Waals surface area contributed by atoms with E-state index in [-0.39, 0.29) is 5.91 Å². The number of carbonyl (C=O) groups excluding carboxylic acids is 1. The van der Waals surface area contributed by atoms with Gasteiger partial charge in [0.1, 0.15) is 0 Å². The molecule has 2 rings (SSSR count). The third-order valence-corrected chi connectivity index (χ3v) is 4.08. The van der Waals surface area contributed by atoms with E-state index in [0.29, 0.717) is 24.7 Å². The summed E-state index contributed by atoms with van der Waals surface area (Å²) in [4.78, 5) is 16.0. The molecule has 1 saturated heterocycles. The minimum atomic E-state index is -0.677. The number of hydrogen-bond acceptors (Lipinski definition) is 3. The Hall–Kier alpha value is -1.10. The van der Waals surface area contributed by atoms with Gasteiger partial charge in [0.2, 0.25) is 5.91 Å². The zero-order valence-corrected chi connectivity index (χ0v) is 13.4. The first-order chi connectivity index (χ1) is 9.85. The highest BCUT2D eigenvalue weighted by molar-refractivity contribution is 6.30. The third-order valence-electron chi connectivity index (χ3n) is 3.85. The molecule has 1 heterocycles. The van der Waals surface area contributed by atoms with E-state index in [1.807, 2.05) is 36.1 Å². The van der Waals surface area contributed by atoms with E-state index in [1.165, 1.54) is 0 Å². The third kappa shape index (κ3) is 4.99. The molecule has 1 unspecified atom stereocenters. The van der Waals surface area contributed by atoms with Crippen LogP contribution in [-0.4, -0.2) is 53.1 Å². The quantitative estimate of drug-likeness (QED) is 0.926. The van der Waals surface area contributed by atoms with Crippen molar-refractivity contribution in [1.29, 1.82) is 0 Å². The number of nitrogens with zero attached hydrogens (tertiary/aromatic N) is 2. The van der Waals surface area contributed by atoms with Crippen molar-refractivity contribution < 1.29 is 9.90 Å². The highest BCUT2D eigenvalue weighted by Gasteiger charge is 2.29. The van der Waals surface area contributed by atoms with Crippen molar-refractivity contribution in [3.05, 3.63) is 34.9 Å². The Morgan fingerprint density at radius 2 is 2.29 bits per heavy atom. The molecule has 0 radical (unpaired) electrons. The first-order valence-corrected chi connectivity index (χ1v) is 7.67. The van der Waals surface area contributed by atoms with Gasteiger partial charge in [0.25, 0.3) is 0 Å². The van der Waals surface area contributed by atoms with Crippen LogP contribution >= 0.6 is 11.6 Å². The molecular formula is C16H23ClN2O2. The van der Waals surface area contributed by atoms with Crippen molar-refractivity contribution in [3.8, 4) is 0 Å². The number of benzene rings is 1. The van der Waals surface area contributed by atoms with Gasteiger partial charge in [0, 0.05) is 25.2 Å². The van der Waals surface area contributed by atoms with Gasteiger partial charge in [-0.2, -0.15) is 0 Å². The highest BCUT2D eigenvalue weighted by Crippen LogP contribution is 2.20. The molecule has 0 bridgehead atoms. The van der Waals surface area contributed by atoms with Crippen LogP contribution in [0.3, 0.4) is 0 Å². The number of hydrogen-bond donors (Lipinski definition) is 1. The van der Waals surface area contributed by atoms with Crippen LogP contribution in [0.5, 0.6) is 0 Å². The van der Waals surface area contributed by atoms with E-state index >= 15 is 0 Å². The van der Waals surface area contributed by atoms with Gasteiger partial charge < -0.3 is 10.0 Å². The summed E-state index contributed by atoms with van der Waals surface area (Å²) in [7, 11) is 1.80. The molecule has 21 heavy (non-hydrogen) atoms. The second kappa shape index (κ2) is 6.77. The smallest absolute Gasteiger partial charge is 0.236 e. The molecule has 1 N–H and O–H groups in total. The normalized spacial score (nSPS) is 23.0. The Morgan fingerprint density at radius 3 is 2.95 bits per heavy atom. The number of piperidine rings is 1. The molecule has 0 aliphatic carbocycles. The number of rotatable bonds is 4. The molecular weight excluding hydrogens is 288 g/mol. The Balaban J connectivity index is 1.88. The predicted octanol–water partition coefficient (Wildman–Crippen LogP) is 2.15. The van der Waals surface area contributed by atoms with Crippen LogP contribution in [0.2, 0.25) is 5.02 Å². The monoisotopic (exact) mass is 310 g/mol. The molecule has 0 aromatic heterocycles. The Labute approximate surface area is 131 Å². The summed E-state index contributed by atoms with van der Waals surface area (Å²) in [5.74, 6) is 0.0627. The second-order valence-corrected chi connectivity index (χ2v) is 6.63. The molecule has 0 spiro atoms. The van der Waals surface area contributed by atoms with Crippen LogP contribution in [0.15, 0.2) is 24.3 Å². The van der Waals surface area contributed by atoms with Crippen molar-refractivity contribution >= 4 is 17.5 Å². The van der Waals surface area contributed by atoms with Gasteiger partial charge >= 0.3 is 0 Å². The van der Waals surface area contributed by atoms with Gasteiger partial charge in [-0.1, -0.05) is 23.7 Å². The van der Waals surface area contributed by atoms with Gasteiger partial charge in [-0.15, -0.1) is 0 Å². The predicted molar refractivity (Wildman–Crippen MR) is 84.2 cm³/mol. The van der Waals surface area contributed by atoms with Gasteiger partial charge in [-0.25, -0.2) is 0 Å². The number of likely N-dealkylation sites (tertiary alicyclic amines) is 1. The maximum Gasteiger partial charge on any atom is 0.236 e.